The molecule has 0 aliphatic carbocycles. The summed E-state index contributed by atoms with van der Waals surface area (Å²) in [5, 5.41) is 10.4. The number of hydrogen-bond donors (Lipinski definition) is 2. The minimum Gasteiger partial charge on any atom is -0.373 e. The van der Waals surface area contributed by atoms with Crippen molar-refractivity contribution >= 4 is 5.91 Å². The third-order valence-corrected chi connectivity index (χ3v) is 4.45. The third-order valence-electron chi connectivity index (χ3n) is 4.45. The Kier molecular flexibility index (Phi) is 5.27. The Bertz CT molecular complexity index is 681. The molecule has 1 aliphatic rings. The first kappa shape index (κ1) is 16.7. The first-order chi connectivity index (χ1) is 11.7. The van der Waals surface area contributed by atoms with E-state index in [1.54, 1.807) is 7.05 Å². The molecule has 6 heteroatoms. The molecule has 1 aliphatic heterocycles. The van der Waals surface area contributed by atoms with Gasteiger partial charge in [0.15, 0.2) is 0 Å². The zero-order valence-electron chi connectivity index (χ0n) is 14.2. The lowest BCUT2D eigenvalue weighted by atomic mass is 9.97. The predicted octanol–water partition coefficient (Wildman–Crippen LogP) is 1.65. The largest absolute Gasteiger partial charge is 0.373 e. The molecule has 2 aromatic rings. The maximum Gasteiger partial charge on any atom is 0.251 e. The molecule has 0 bridgehead atoms. The zero-order valence-corrected chi connectivity index (χ0v) is 14.2. The fourth-order valence-electron chi connectivity index (χ4n) is 3.12. The molecule has 1 amide bonds. The predicted molar refractivity (Wildman–Crippen MR) is 91.5 cm³/mol. The molecule has 2 atom stereocenters. The van der Waals surface area contributed by atoms with Crippen molar-refractivity contribution in [2.24, 2.45) is 13.0 Å². The highest BCUT2D eigenvalue weighted by Gasteiger charge is 2.30. The Labute approximate surface area is 142 Å². The topological polar surface area (TPSA) is 68.2 Å². The first-order valence-corrected chi connectivity index (χ1v) is 8.29. The van der Waals surface area contributed by atoms with E-state index in [-0.39, 0.29) is 12.0 Å². The molecule has 1 fully saturated rings. The van der Waals surface area contributed by atoms with Gasteiger partial charge < -0.3 is 15.4 Å². The van der Waals surface area contributed by atoms with Crippen LogP contribution in [0.2, 0.25) is 0 Å². The van der Waals surface area contributed by atoms with Crippen molar-refractivity contribution in [1.82, 2.24) is 20.4 Å². The number of ether oxygens (including phenoxy) is 1. The lowest BCUT2D eigenvalue weighted by Gasteiger charge is -2.18. The highest BCUT2D eigenvalue weighted by molar-refractivity contribution is 5.93. The molecule has 0 spiro atoms. The summed E-state index contributed by atoms with van der Waals surface area (Å²) in [6.07, 6.45) is 5.10. The Morgan fingerprint density at radius 3 is 2.83 bits per heavy atom. The number of amides is 1. The molecule has 2 unspecified atom stereocenters. The molecule has 0 saturated carbocycles. The third kappa shape index (κ3) is 3.83. The Hall–Kier alpha value is -2.18. The van der Waals surface area contributed by atoms with Gasteiger partial charge in [-0.15, -0.1) is 0 Å². The van der Waals surface area contributed by atoms with Crippen molar-refractivity contribution in [1.29, 1.82) is 0 Å². The van der Waals surface area contributed by atoms with Crippen LogP contribution in [0.5, 0.6) is 0 Å². The summed E-state index contributed by atoms with van der Waals surface area (Å²) in [5.41, 5.74) is 3.00. The van der Waals surface area contributed by atoms with Crippen LogP contribution in [0.3, 0.4) is 0 Å². The van der Waals surface area contributed by atoms with Gasteiger partial charge in [0, 0.05) is 57.0 Å². The summed E-state index contributed by atoms with van der Waals surface area (Å²) >= 11 is 0. The van der Waals surface area contributed by atoms with E-state index < -0.39 is 0 Å². The molecule has 2 heterocycles. The van der Waals surface area contributed by atoms with Crippen LogP contribution in [0.15, 0.2) is 36.7 Å². The van der Waals surface area contributed by atoms with Gasteiger partial charge in [0.25, 0.3) is 5.91 Å². The molecule has 24 heavy (non-hydrogen) atoms. The van der Waals surface area contributed by atoms with E-state index in [0.717, 1.165) is 31.7 Å². The smallest absolute Gasteiger partial charge is 0.251 e. The fourth-order valence-corrected chi connectivity index (χ4v) is 3.12. The van der Waals surface area contributed by atoms with Gasteiger partial charge in [0.1, 0.15) is 0 Å². The Balaban J connectivity index is 1.51. The van der Waals surface area contributed by atoms with Gasteiger partial charge in [-0.1, -0.05) is 12.1 Å². The van der Waals surface area contributed by atoms with Gasteiger partial charge in [-0.3, -0.25) is 9.48 Å². The van der Waals surface area contributed by atoms with Gasteiger partial charge in [0.2, 0.25) is 0 Å². The number of benzene rings is 1. The zero-order chi connectivity index (χ0) is 16.9. The van der Waals surface area contributed by atoms with Crippen LogP contribution in [-0.4, -0.2) is 35.9 Å². The van der Waals surface area contributed by atoms with Gasteiger partial charge in [0.05, 0.1) is 12.3 Å². The monoisotopic (exact) mass is 328 g/mol. The maximum absolute atomic E-state index is 11.5. The molecule has 1 saturated heterocycles. The minimum absolute atomic E-state index is 0.0584. The molecule has 1 aromatic heterocycles. The maximum atomic E-state index is 11.5. The summed E-state index contributed by atoms with van der Waals surface area (Å²) in [6, 6.07) is 7.68. The molecular formula is C18H24N4O2. The summed E-state index contributed by atoms with van der Waals surface area (Å²) in [7, 11) is 3.56. The summed E-state index contributed by atoms with van der Waals surface area (Å²) < 4.78 is 7.70. The van der Waals surface area contributed by atoms with E-state index in [9.17, 15) is 4.79 Å². The van der Waals surface area contributed by atoms with Crippen LogP contribution in [0.1, 0.15) is 34.0 Å². The Morgan fingerprint density at radius 2 is 2.17 bits per heavy atom. The number of nitrogens with zero attached hydrogens (tertiary/aromatic N) is 2. The standard InChI is InChI=1S/C18H24N4O2/c1-19-18(23)14-5-3-13(4-6-14)9-20-10-15-7-8-24-17(15)16-11-21-22(2)12-16/h3-6,11-12,15,17,20H,7-10H2,1-2H3,(H,19,23). The molecule has 1 aromatic carbocycles. The molecular weight excluding hydrogens is 304 g/mol. The van der Waals surface area contributed by atoms with Crippen molar-refractivity contribution in [3.63, 3.8) is 0 Å². The van der Waals surface area contributed by atoms with Crippen molar-refractivity contribution in [3.05, 3.63) is 53.3 Å². The Morgan fingerprint density at radius 1 is 1.38 bits per heavy atom. The van der Waals surface area contributed by atoms with Crippen LogP contribution in [0.25, 0.3) is 0 Å². The molecule has 128 valence electrons. The van der Waals surface area contributed by atoms with E-state index in [1.807, 2.05) is 48.4 Å². The number of rotatable bonds is 6. The second-order valence-corrected chi connectivity index (χ2v) is 6.19. The van der Waals surface area contributed by atoms with E-state index in [4.69, 9.17) is 4.74 Å². The highest BCUT2D eigenvalue weighted by atomic mass is 16.5. The summed E-state index contributed by atoms with van der Waals surface area (Å²) in [4.78, 5) is 11.5. The van der Waals surface area contributed by atoms with Crippen LogP contribution in [0.4, 0.5) is 0 Å². The van der Waals surface area contributed by atoms with Crippen LogP contribution >= 0.6 is 0 Å². The van der Waals surface area contributed by atoms with Crippen molar-refractivity contribution in [2.45, 2.75) is 19.1 Å². The van der Waals surface area contributed by atoms with E-state index in [1.165, 1.54) is 5.56 Å². The van der Waals surface area contributed by atoms with Crippen molar-refractivity contribution in [2.75, 3.05) is 20.2 Å². The number of carbonyl (C=O) groups excluding carboxylic acids is 1. The van der Waals surface area contributed by atoms with Crippen molar-refractivity contribution in [3.8, 4) is 0 Å². The number of carbonyl (C=O) groups is 1. The number of nitrogens with one attached hydrogen (secondary N) is 2. The normalized spacial score (nSPS) is 20.2. The van der Waals surface area contributed by atoms with Gasteiger partial charge in [-0.05, 0) is 24.1 Å². The molecule has 0 radical (unpaired) electrons. The molecule has 6 nitrogen and oxygen atoms in total. The summed E-state index contributed by atoms with van der Waals surface area (Å²) in [6.45, 7) is 2.48. The summed E-state index contributed by atoms with van der Waals surface area (Å²) in [5.74, 6) is 0.399. The minimum atomic E-state index is -0.0584. The fraction of sp³-hybridized carbons (Fsp3) is 0.444. The average Bonchev–Trinajstić information content (AvgIpc) is 3.23. The second-order valence-electron chi connectivity index (χ2n) is 6.19. The first-order valence-electron chi connectivity index (χ1n) is 8.29. The van der Waals surface area contributed by atoms with Crippen LogP contribution in [-0.2, 0) is 18.3 Å². The van der Waals surface area contributed by atoms with Crippen LogP contribution in [0, 0.1) is 5.92 Å². The van der Waals surface area contributed by atoms with Crippen molar-refractivity contribution < 1.29 is 9.53 Å². The van der Waals surface area contributed by atoms with Crippen LogP contribution < -0.4 is 10.6 Å². The highest BCUT2D eigenvalue weighted by Crippen LogP contribution is 2.33. The lowest BCUT2D eigenvalue weighted by molar-refractivity contribution is 0.0904. The number of aryl methyl sites for hydroxylation is 1. The van der Waals surface area contributed by atoms with E-state index in [0.29, 0.717) is 11.5 Å². The molecule has 2 N–H and O–H groups in total. The van der Waals surface area contributed by atoms with Gasteiger partial charge >= 0.3 is 0 Å². The molecule has 3 rings (SSSR count). The lowest BCUT2D eigenvalue weighted by Crippen LogP contribution is -2.24. The quantitative estimate of drug-likeness (QED) is 0.846. The van der Waals surface area contributed by atoms with Gasteiger partial charge in [-0.2, -0.15) is 5.10 Å². The number of aromatic nitrogens is 2. The van der Waals surface area contributed by atoms with E-state index >= 15 is 0 Å². The van der Waals surface area contributed by atoms with E-state index in [2.05, 4.69) is 15.7 Å². The second kappa shape index (κ2) is 7.59. The SMILES string of the molecule is CNC(=O)c1ccc(CNCC2CCOC2c2cnn(C)c2)cc1. The number of hydrogen-bond acceptors (Lipinski definition) is 4. The van der Waals surface area contributed by atoms with Gasteiger partial charge in [-0.25, -0.2) is 0 Å². The average molecular weight is 328 g/mol.